The maximum atomic E-state index is 4.86. The second-order valence-electron chi connectivity index (χ2n) is 9.06. The molecule has 0 saturated heterocycles. The Bertz CT molecular complexity index is 1850. The van der Waals surface area contributed by atoms with Crippen LogP contribution in [0.5, 0.6) is 0 Å². The van der Waals surface area contributed by atoms with Crippen LogP contribution in [0.1, 0.15) is 0 Å². The molecule has 6 aromatic carbocycles. The molecule has 0 amide bonds. The zero-order valence-corrected chi connectivity index (χ0v) is 19.6. The van der Waals surface area contributed by atoms with Crippen LogP contribution in [-0.2, 0) is 0 Å². The van der Waals surface area contributed by atoms with Crippen LogP contribution in [0.15, 0.2) is 134 Å². The van der Waals surface area contributed by atoms with Crippen LogP contribution in [0.4, 0.5) is 0 Å². The van der Waals surface area contributed by atoms with Crippen molar-refractivity contribution in [2.45, 2.75) is 0 Å². The molecule has 2 heteroatoms. The Labute approximate surface area is 209 Å². The van der Waals surface area contributed by atoms with E-state index in [4.69, 9.17) is 4.98 Å². The number of fused-ring (bicyclic) bond motifs is 6. The summed E-state index contributed by atoms with van der Waals surface area (Å²) in [6.07, 6.45) is 1.84. The molecule has 1 aromatic heterocycles. The predicted molar refractivity (Wildman–Crippen MR) is 151 cm³/mol. The molecule has 0 atom stereocenters. The molecule has 168 valence electrons. The van der Waals surface area contributed by atoms with Gasteiger partial charge in [0.2, 0.25) is 0 Å². The van der Waals surface area contributed by atoms with Crippen LogP contribution in [-0.4, -0.2) is 9.97 Å². The molecule has 36 heavy (non-hydrogen) atoms. The third-order valence-electron chi connectivity index (χ3n) is 6.92. The first kappa shape index (κ1) is 20.5. The molecule has 0 bridgehead atoms. The molecular formula is C34H22N2. The topological polar surface area (TPSA) is 25.8 Å². The van der Waals surface area contributed by atoms with Crippen LogP contribution < -0.4 is 0 Å². The highest BCUT2D eigenvalue weighted by atomic mass is 14.9. The molecule has 0 aliphatic rings. The average molecular weight is 459 g/mol. The fourth-order valence-corrected chi connectivity index (χ4v) is 5.19. The molecule has 7 rings (SSSR count). The van der Waals surface area contributed by atoms with Crippen molar-refractivity contribution in [3.63, 3.8) is 0 Å². The maximum Gasteiger partial charge on any atom is 0.159 e. The minimum atomic E-state index is 0.738. The van der Waals surface area contributed by atoms with Gasteiger partial charge >= 0.3 is 0 Å². The Morgan fingerprint density at radius 2 is 0.917 bits per heavy atom. The third-order valence-corrected chi connectivity index (χ3v) is 6.92. The summed E-state index contributed by atoms with van der Waals surface area (Å²) in [4.78, 5) is 9.35. The van der Waals surface area contributed by atoms with E-state index in [1.807, 2.05) is 42.6 Å². The van der Waals surface area contributed by atoms with Crippen LogP contribution >= 0.6 is 0 Å². The number of aromatic nitrogens is 2. The molecule has 0 saturated carbocycles. The number of nitrogens with zero attached hydrogens (tertiary/aromatic N) is 2. The lowest BCUT2D eigenvalue weighted by Gasteiger charge is -2.12. The summed E-state index contributed by atoms with van der Waals surface area (Å²) in [5.41, 5.74) is 5.39. The Balaban J connectivity index is 1.38. The normalized spacial score (nSPS) is 11.3. The second-order valence-corrected chi connectivity index (χ2v) is 9.06. The zero-order chi connectivity index (χ0) is 23.9. The monoisotopic (exact) mass is 458 g/mol. The summed E-state index contributed by atoms with van der Waals surface area (Å²) in [6.45, 7) is 0. The Hall–Kier alpha value is -4.82. The zero-order valence-electron chi connectivity index (χ0n) is 19.6. The van der Waals surface area contributed by atoms with Crippen molar-refractivity contribution in [3.8, 4) is 33.8 Å². The standard InChI is InChI=1S/C34H22N2/c1-2-9-23(10-3-1)34-35-20-19-33(36-34)26-12-8-11-24(21-26)25-17-18-31-29-15-5-4-13-27(29)28-14-6-7-16-30(28)32(31)22-25/h1-22H. The number of benzene rings is 6. The van der Waals surface area contributed by atoms with Gasteiger partial charge in [0.15, 0.2) is 5.82 Å². The molecule has 0 radical (unpaired) electrons. The third kappa shape index (κ3) is 3.43. The molecule has 0 aliphatic carbocycles. The van der Waals surface area contributed by atoms with Crippen molar-refractivity contribution < 1.29 is 0 Å². The summed E-state index contributed by atoms with van der Waals surface area (Å²) in [5.74, 6) is 0.738. The molecule has 0 fully saturated rings. The molecule has 0 N–H and O–H groups in total. The van der Waals surface area contributed by atoms with Gasteiger partial charge in [-0.1, -0.05) is 109 Å². The van der Waals surface area contributed by atoms with Gasteiger partial charge in [-0.15, -0.1) is 0 Å². The van der Waals surface area contributed by atoms with E-state index in [2.05, 4.69) is 96.0 Å². The smallest absolute Gasteiger partial charge is 0.159 e. The van der Waals surface area contributed by atoms with E-state index < -0.39 is 0 Å². The lowest BCUT2D eigenvalue weighted by atomic mass is 9.92. The van der Waals surface area contributed by atoms with Crippen molar-refractivity contribution in [1.29, 1.82) is 0 Å². The predicted octanol–water partition coefficient (Wildman–Crippen LogP) is 8.94. The highest BCUT2D eigenvalue weighted by molar-refractivity contribution is 6.25. The summed E-state index contributed by atoms with van der Waals surface area (Å²) < 4.78 is 0. The molecule has 0 unspecified atom stereocenters. The first-order valence-electron chi connectivity index (χ1n) is 12.2. The minimum Gasteiger partial charge on any atom is -0.237 e. The number of rotatable bonds is 3. The average Bonchev–Trinajstić information content (AvgIpc) is 2.98. The van der Waals surface area contributed by atoms with Crippen molar-refractivity contribution in [1.82, 2.24) is 9.97 Å². The quantitative estimate of drug-likeness (QED) is 0.247. The lowest BCUT2D eigenvalue weighted by molar-refractivity contribution is 1.18. The fourth-order valence-electron chi connectivity index (χ4n) is 5.19. The molecule has 0 spiro atoms. The van der Waals surface area contributed by atoms with Gasteiger partial charge < -0.3 is 0 Å². The summed E-state index contributed by atoms with van der Waals surface area (Å²) in [7, 11) is 0. The van der Waals surface area contributed by atoms with E-state index >= 15 is 0 Å². The van der Waals surface area contributed by atoms with Gasteiger partial charge in [-0.05, 0) is 61.6 Å². The van der Waals surface area contributed by atoms with Crippen LogP contribution in [0, 0.1) is 0 Å². The Morgan fingerprint density at radius 3 is 1.64 bits per heavy atom. The summed E-state index contributed by atoms with van der Waals surface area (Å²) in [6, 6.07) is 45.0. The lowest BCUT2D eigenvalue weighted by Crippen LogP contribution is -1.91. The number of hydrogen-bond acceptors (Lipinski definition) is 2. The van der Waals surface area contributed by atoms with Crippen molar-refractivity contribution in [2.24, 2.45) is 0 Å². The van der Waals surface area contributed by atoms with E-state index in [1.165, 1.54) is 43.4 Å². The molecule has 7 aromatic rings. The van der Waals surface area contributed by atoms with Gasteiger partial charge in [0.1, 0.15) is 0 Å². The van der Waals surface area contributed by atoms with E-state index in [1.54, 1.807) is 0 Å². The first-order chi connectivity index (χ1) is 17.8. The first-order valence-corrected chi connectivity index (χ1v) is 12.2. The van der Waals surface area contributed by atoms with Gasteiger partial charge in [0.05, 0.1) is 5.69 Å². The van der Waals surface area contributed by atoms with E-state index in [0.29, 0.717) is 0 Å². The van der Waals surface area contributed by atoms with Gasteiger partial charge in [0, 0.05) is 17.3 Å². The second kappa shape index (κ2) is 8.44. The molecule has 0 aliphatic heterocycles. The molecule has 1 heterocycles. The SMILES string of the molecule is c1ccc(-c2nccc(-c3cccc(-c4ccc5c6ccccc6c6ccccc6c5c4)c3)n2)cc1. The summed E-state index contributed by atoms with van der Waals surface area (Å²) in [5, 5.41) is 7.73. The maximum absolute atomic E-state index is 4.86. The van der Waals surface area contributed by atoms with E-state index in [0.717, 1.165) is 22.6 Å². The molecule has 2 nitrogen and oxygen atoms in total. The number of hydrogen-bond donors (Lipinski definition) is 0. The van der Waals surface area contributed by atoms with Crippen molar-refractivity contribution in [2.75, 3.05) is 0 Å². The highest BCUT2D eigenvalue weighted by Gasteiger charge is 2.11. The minimum absolute atomic E-state index is 0.738. The van der Waals surface area contributed by atoms with Crippen LogP contribution in [0.2, 0.25) is 0 Å². The van der Waals surface area contributed by atoms with Gasteiger partial charge in [-0.3, -0.25) is 0 Å². The largest absolute Gasteiger partial charge is 0.237 e. The Kier molecular flexibility index (Phi) is 4.82. The highest BCUT2D eigenvalue weighted by Crippen LogP contribution is 2.37. The van der Waals surface area contributed by atoms with Gasteiger partial charge in [0.25, 0.3) is 0 Å². The molecular weight excluding hydrogens is 436 g/mol. The van der Waals surface area contributed by atoms with Gasteiger partial charge in [-0.25, -0.2) is 9.97 Å². The van der Waals surface area contributed by atoms with Crippen molar-refractivity contribution >= 4 is 32.3 Å². The van der Waals surface area contributed by atoms with Crippen LogP contribution in [0.25, 0.3) is 66.1 Å². The van der Waals surface area contributed by atoms with E-state index in [-0.39, 0.29) is 0 Å². The Morgan fingerprint density at radius 1 is 0.361 bits per heavy atom. The van der Waals surface area contributed by atoms with Crippen LogP contribution in [0.3, 0.4) is 0 Å². The van der Waals surface area contributed by atoms with Gasteiger partial charge in [-0.2, -0.15) is 0 Å². The fraction of sp³-hybridized carbons (Fsp3) is 0. The van der Waals surface area contributed by atoms with E-state index in [9.17, 15) is 0 Å². The van der Waals surface area contributed by atoms with Crippen molar-refractivity contribution in [3.05, 3.63) is 134 Å². The summed E-state index contributed by atoms with van der Waals surface area (Å²) >= 11 is 0.